The highest BCUT2D eigenvalue weighted by Crippen LogP contribution is 2.21. The Morgan fingerprint density at radius 1 is 1.14 bits per heavy atom. The molecular formula is C17H30N4O. The first-order chi connectivity index (χ1) is 10.5. The summed E-state index contributed by atoms with van der Waals surface area (Å²) >= 11 is 0. The zero-order chi connectivity index (χ0) is 15.7. The number of aromatic nitrogens is 1. The highest BCUT2D eigenvalue weighted by molar-refractivity contribution is 5.00. The van der Waals surface area contributed by atoms with Crippen molar-refractivity contribution in [1.82, 2.24) is 19.7 Å². The fourth-order valence-electron chi connectivity index (χ4n) is 3.38. The summed E-state index contributed by atoms with van der Waals surface area (Å²) < 4.78 is 5.80. The second-order valence-corrected chi connectivity index (χ2v) is 7.32. The molecule has 124 valence electrons. The van der Waals surface area contributed by atoms with Crippen molar-refractivity contribution < 1.29 is 4.42 Å². The van der Waals surface area contributed by atoms with Gasteiger partial charge in [0.05, 0.1) is 12.7 Å². The molecule has 2 aliphatic heterocycles. The first kappa shape index (κ1) is 16.0. The summed E-state index contributed by atoms with van der Waals surface area (Å²) in [6, 6.07) is 1.41. The molecule has 2 aliphatic rings. The summed E-state index contributed by atoms with van der Waals surface area (Å²) in [7, 11) is 0. The molecule has 0 bridgehead atoms. The van der Waals surface area contributed by atoms with Crippen molar-refractivity contribution in [2.45, 2.75) is 52.2 Å². The van der Waals surface area contributed by atoms with Gasteiger partial charge in [0.25, 0.3) is 0 Å². The maximum Gasteiger partial charge on any atom is 0.208 e. The molecule has 5 heteroatoms. The van der Waals surface area contributed by atoms with Crippen LogP contribution in [0.4, 0.5) is 0 Å². The van der Waals surface area contributed by atoms with E-state index in [1.54, 1.807) is 0 Å². The molecule has 0 amide bonds. The first-order valence-corrected chi connectivity index (χ1v) is 8.68. The van der Waals surface area contributed by atoms with Gasteiger partial charge in [-0.25, -0.2) is 4.98 Å². The van der Waals surface area contributed by atoms with Crippen molar-refractivity contribution >= 4 is 0 Å². The second-order valence-electron chi connectivity index (χ2n) is 7.32. The SMILES string of the molecule is CC(C)c1cnc(CN2CC(N3CCN(C(C)C)CC3)C2)o1. The van der Waals surface area contributed by atoms with Gasteiger partial charge in [-0.1, -0.05) is 13.8 Å². The van der Waals surface area contributed by atoms with Crippen LogP contribution in [0.25, 0.3) is 0 Å². The van der Waals surface area contributed by atoms with Crippen LogP contribution < -0.4 is 0 Å². The second kappa shape index (κ2) is 6.69. The number of oxazole rings is 1. The summed E-state index contributed by atoms with van der Waals surface area (Å²) in [5, 5.41) is 0. The highest BCUT2D eigenvalue weighted by Gasteiger charge is 2.34. The Morgan fingerprint density at radius 2 is 1.82 bits per heavy atom. The molecule has 0 aromatic carbocycles. The molecule has 0 atom stereocenters. The topological polar surface area (TPSA) is 35.8 Å². The van der Waals surface area contributed by atoms with Crippen molar-refractivity contribution in [1.29, 1.82) is 0 Å². The van der Waals surface area contributed by atoms with Gasteiger partial charge in [-0.2, -0.15) is 0 Å². The molecule has 0 radical (unpaired) electrons. The van der Waals surface area contributed by atoms with Crippen LogP contribution in [0.3, 0.4) is 0 Å². The van der Waals surface area contributed by atoms with E-state index in [1.807, 2.05) is 6.20 Å². The summed E-state index contributed by atoms with van der Waals surface area (Å²) in [6.07, 6.45) is 1.88. The normalized spacial score (nSPS) is 22.6. The number of hydrogen-bond acceptors (Lipinski definition) is 5. The minimum atomic E-state index is 0.419. The van der Waals surface area contributed by atoms with Gasteiger partial charge in [0.1, 0.15) is 5.76 Å². The number of piperazine rings is 1. The molecule has 3 heterocycles. The molecule has 0 spiro atoms. The van der Waals surface area contributed by atoms with Gasteiger partial charge in [-0.05, 0) is 13.8 Å². The van der Waals surface area contributed by atoms with Crippen molar-refractivity contribution in [2.75, 3.05) is 39.3 Å². The lowest BCUT2D eigenvalue weighted by atomic mass is 10.1. The Kier molecular flexibility index (Phi) is 4.85. The van der Waals surface area contributed by atoms with E-state index in [-0.39, 0.29) is 0 Å². The van der Waals surface area contributed by atoms with Crippen LogP contribution in [0.2, 0.25) is 0 Å². The van der Waals surface area contributed by atoms with Crippen LogP contribution >= 0.6 is 0 Å². The van der Waals surface area contributed by atoms with Gasteiger partial charge < -0.3 is 4.42 Å². The van der Waals surface area contributed by atoms with Crippen LogP contribution in [0, 0.1) is 0 Å². The van der Waals surface area contributed by atoms with E-state index in [2.05, 4.69) is 47.4 Å². The van der Waals surface area contributed by atoms with Crippen LogP contribution in [0.5, 0.6) is 0 Å². The minimum absolute atomic E-state index is 0.419. The molecular weight excluding hydrogens is 276 g/mol. The van der Waals surface area contributed by atoms with Gasteiger partial charge in [-0.3, -0.25) is 14.7 Å². The van der Waals surface area contributed by atoms with Gasteiger partial charge in [-0.15, -0.1) is 0 Å². The Hall–Kier alpha value is -0.910. The van der Waals surface area contributed by atoms with Crippen LogP contribution in [0.15, 0.2) is 10.6 Å². The van der Waals surface area contributed by atoms with E-state index in [4.69, 9.17) is 4.42 Å². The van der Waals surface area contributed by atoms with Gasteiger partial charge in [0.2, 0.25) is 5.89 Å². The van der Waals surface area contributed by atoms with E-state index in [0.29, 0.717) is 12.0 Å². The number of likely N-dealkylation sites (tertiary alicyclic amines) is 1. The van der Waals surface area contributed by atoms with Crippen molar-refractivity contribution in [3.05, 3.63) is 17.8 Å². The summed E-state index contributed by atoms with van der Waals surface area (Å²) in [6.45, 7) is 16.9. The summed E-state index contributed by atoms with van der Waals surface area (Å²) in [4.78, 5) is 12.1. The third-order valence-electron chi connectivity index (χ3n) is 5.03. The van der Waals surface area contributed by atoms with Crippen molar-refractivity contribution in [3.8, 4) is 0 Å². The molecule has 0 aliphatic carbocycles. The monoisotopic (exact) mass is 306 g/mol. The molecule has 1 aromatic rings. The summed E-state index contributed by atoms with van der Waals surface area (Å²) in [5.41, 5.74) is 0. The van der Waals surface area contributed by atoms with Crippen LogP contribution in [-0.4, -0.2) is 71.0 Å². The number of rotatable bonds is 5. The molecule has 1 aromatic heterocycles. The molecule has 3 rings (SSSR count). The Balaban J connectivity index is 1.41. The molecule has 0 N–H and O–H groups in total. The number of hydrogen-bond donors (Lipinski definition) is 0. The zero-order valence-electron chi connectivity index (χ0n) is 14.5. The average Bonchev–Trinajstić information content (AvgIpc) is 2.91. The molecule has 5 nitrogen and oxygen atoms in total. The van der Waals surface area contributed by atoms with E-state index in [9.17, 15) is 0 Å². The Morgan fingerprint density at radius 3 is 2.36 bits per heavy atom. The Labute approximate surface area is 134 Å². The van der Waals surface area contributed by atoms with E-state index in [0.717, 1.165) is 37.3 Å². The maximum atomic E-state index is 5.80. The quantitative estimate of drug-likeness (QED) is 0.831. The Bertz CT molecular complexity index is 471. The van der Waals surface area contributed by atoms with Crippen LogP contribution in [-0.2, 0) is 6.54 Å². The molecule has 0 unspecified atom stereocenters. The first-order valence-electron chi connectivity index (χ1n) is 8.68. The fourth-order valence-corrected chi connectivity index (χ4v) is 3.38. The minimum Gasteiger partial charge on any atom is -0.444 e. The maximum absolute atomic E-state index is 5.80. The molecule has 0 saturated carbocycles. The van der Waals surface area contributed by atoms with Crippen molar-refractivity contribution in [2.24, 2.45) is 0 Å². The summed E-state index contributed by atoms with van der Waals surface area (Å²) in [5.74, 6) is 2.28. The largest absolute Gasteiger partial charge is 0.444 e. The molecule has 2 fully saturated rings. The molecule has 2 saturated heterocycles. The van der Waals surface area contributed by atoms with E-state index in [1.165, 1.54) is 26.2 Å². The zero-order valence-corrected chi connectivity index (χ0v) is 14.5. The standard InChI is InChI=1S/C17H30N4O/c1-13(2)16-9-18-17(22-16)12-19-10-15(11-19)21-7-5-20(6-8-21)14(3)4/h9,13-15H,5-8,10-12H2,1-4H3. The third-order valence-corrected chi connectivity index (χ3v) is 5.03. The lowest BCUT2D eigenvalue weighted by Crippen LogP contribution is -2.63. The van der Waals surface area contributed by atoms with Crippen molar-refractivity contribution in [3.63, 3.8) is 0 Å². The predicted octanol–water partition coefficient (Wildman–Crippen LogP) is 2.01. The third kappa shape index (κ3) is 3.53. The van der Waals surface area contributed by atoms with E-state index >= 15 is 0 Å². The lowest BCUT2D eigenvalue weighted by Gasteiger charge is -2.48. The lowest BCUT2D eigenvalue weighted by molar-refractivity contribution is -0.00741. The fraction of sp³-hybridized carbons (Fsp3) is 0.824. The van der Waals surface area contributed by atoms with Gasteiger partial charge >= 0.3 is 0 Å². The van der Waals surface area contributed by atoms with Gasteiger partial charge in [0.15, 0.2) is 0 Å². The number of nitrogens with zero attached hydrogens (tertiary/aromatic N) is 4. The smallest absolute Gasteiger partial charge is 0.208 e. The highest BCUT2D eigenvalue weighted by atomic mass is 16.4. The average molecular weight is 306 g/mol. The van der Waals surface area contributed by atoms with E-state index < -0.39 is 0 Å². The van der Waals surface area contributed by atoms with Gasteiger partial charge in [0, 0.05) is 57.3 Å². The molecule has 22 heavy (non-hydrogen) atoms. The van der Waals surface area contributed by atoms with Crippen LogP contribution in [0.1, 0.15) is 45.3 Å². The predicted molar refractivity (Wildman–Crippen MR) is 87.9 cm³/mol.